The number of rotatable bonds is 8. The zero-order valence-electron chi connectivity index (χ0n) is 23.0. The molecule has 11 heteroatoms. The zero-order valence-corrected chi connectivity index (χ0v) is 24.6. The average molecular weight is 606 g/mol. The van der Waals surface area contributed by atoms with Gasteiger partial charge in [0.25, 0.3) is 17.5 Å². The highest BCUT2D eigenvalue weighted by atomic mass is 32.2. The lowest BCUT2D eigenvalue weighted by atomic mass is 10.1. The Morgan fingerprint density at radius 2 is 1.70 bits per heavy atom. The lowest BCUT2D eigenvalue weighted by molar-refractivity contribution is -0.387. The quantitative estimate of drug-likeness (QED) is 0.0797. The summed E-state index contributed by atoms with van der Waals surface area (Å²) in [6, 6.07) is 26.2. The van der Waals surface area contributed by atoms with Gasteiger partial charge in [0.05, 0.1) is 20.0 Å². The number of carbonyl (C=O) groups is 2. The monoisotopic (exact) mass is 605 g/mol. The fraction of sp³-hybridized carbons (Fsp3) is 0.0625. The second-order valence-corrected chi connectivity index (χ2v) is 11.9. The molecule has 0 aliphatic carbocycles. The van der Waals surface area contributed by atoms with Crippen LogP contribution in [0.4, 0.5) is 17.1 Å². The third-order valence-electron chi connectivity index (χ3n) is 6.20. The second kappa shape index (κ2) is 12.7. The summed E-state index contributed by atoms with van der Waals surface area (Å²) in [5, 5.41) is 27.2. The van der Waals surface area contributed by atoms with Gasteiger partial charge in [-0.3, -0.25) is 19.7 Å². The van der Waals surface area contributed by atoms with Crippen molar-refractivity contribution < 1.29 is 14.5 Å². The first kappa shape index (κ1) is 29.2. The van der Waals surface area contributed by atoms with Crippen molar-refractivity contribution >= 4 is 68.3 Å². The van der Waals surface area contributed by atoms with Crippen LogP contribution in [0.3, 0.4) is 0 Å². The van der Waals surface area contributed by atoms with Crippen LogP contribution in [-0.2, 0) is 4.79 Å². The number of amides is 2. The van der Waals surface area contributed by atoms with Gasteiger partial charge in [-0.25, -0.2) is 4.98 Å². The number of nitro benzene ring substituents is 1. The minimum atomic E-state index is -0.609. The van der Waals surface area contributed by atoms with E-state index in [9.17, 15) is 25.0 Å². The molecule has 0 spiro atoms. The Balaban J connectivity index is 1.35. The Bertz CT molecular complexity index is 1940. The molecule has 0 aliphatic rings. The number of nitro groups is 1. The van der Waals surface area contributed by atoms with E-state index in [1.807, 2.05) is 38.1 Å². The Hall–Kier alpha value is -5.31. The largest absolute Gasteiger partial charge is 0.322 e. The molecule has 0 fully saturated rings. The Labute approximate surface area is 255 Å². The number of nitriles is 1. The van der Waals surface area contributed by atoms with Gasteiger partial charge in [-0.05, 0) is 85.1 Å². The highest BCUT2D eigenvalue weighted by molar-refractivity contribution is 8.01. The van der Waals surface area contributed by atoms with Gasteiger partial charge in [-0.15, -0.1) is 11.3 Å². The van der Waals surface area contributed by atoms with Gasteiger partial charge >= 0.3 is 0 Å². The summed E-state index contributed by atoms with van der Waals surface area (Å²) in [6.07, 6.45) is 1.32. The summed E-state index contributed by atoms with van der Waals surface area (Å²) in [7, 11) is 0. The van der Waals surface area contributed by atoms with E-state index >= 15 is 0 Å². The molecule has 0 atom stereocenters. The molecule has 2 N–H and O–H groups in total. The number of benzene rings is 4. The van der Waals surface area contributed by atoms with Gasteiger partial charge in [0.15, 0.2) is 4.34 Å². The van der Waals surface area contributed by atoms with Crippen LogP contribution in [0.1, 0.15) is 27.0 Å². The first-order valence-electron chi connectivity index (χ1n) is 12.9. The highest BCUT2D eigenvalue weighted by Gasteiger charge is 2.19. The minimum Gasteiger partial charge on any atom is -0.322 e. The van der Waals surface area contributed by atoms with Crippen molar-refractivity contribution in [1.82, 2.24) is 4.98 Å². The van der Waals surface area contributed by atoms with Crippen LogP contribution in [0.15, 0.2) is 99.7 Å². The molecule has 2 amide bonds. The normalized spacial score (nSPS) is 11.1. The van der Waals surface area contributed by atoms with Crippen molar-refractivity contribution in [2.75, 3.05) is 10.6 Å². The number of aryl methyl sites for hydroxylation is 2. The number of thiazole rings is 1. The van der Waals surface area contributed by atoms with E-state index in [1.165, 1.54) is 23.5 Å². The lowest BCUT2D eigenvalue weighted by Crippen LogP contribution is -2.13. The molecule has 1 heterocycles. The van der Waals surface area contributed by atoms with E-state index in [0.717, 1.165) is 27.6 Å². The number of nitrogens with one attached hydrogen (secondary N) is 2. The van der Waals surface area contributed by atoms with E-state index in [1.54, 1.807) is 60.7 Å². The molecule has 43 heavy (non-hydrogen) atoms. The zero-order chi connectivity index (χ0) is 30.5. The van der Waals surface area contributed by atoms with Crippen molar-refractivity contribution in [2.24, 2.45) is 0 Å². The van der Waals surface area contributed by atoms with Gasteiger partial charge in [0, 0.05) is 23.0 Å². The van der Waals surface area contributed by atoms with E-state index < -0.39 is 10.8 Å². The van der Waals surface area contributed by atoms with Crippen molar-refractivity contribution in [3.63, 3.8) is 0 Å². The molecule has 212 valence electrons. The SMILES string of the molecule is Cc1cc(C)cc(NC(=O)/C(C#N)=C/c2ccc(Sc3nc4ccc(NC(=O)c5ccccc5)cc4s3)c([N+](=O)[O-])c2)c1. The maximum absolute atomic E-state index is 12.8. The molecule has 5 rings (SSSR count). The maximum atomic E-state index is 12.8. The Kier molecular flexibility index (Phi) is 8.61. The second-order valence-electron chi connectivity index (χ2n) is 9.57. The van der Waals surface area contributed by atoms with Gasteiger partial charge in [-0.2, -0.15) is 5.26 Å². The number of nitrogens with zero attached hydrogens (tertiary/aromatic N) is 3. The fourth-order valence-corrected chi connectivity index (χ4v) is 6.47. The molecule has 0 saturated heterocycles. The van der Waals surface area contributed by atoms with Crippen molar-refractivity contribution in [1.29, 1.82) is 5.26 Å². The number of hydrogen-bond donors (Lipinski definition) is 2. The third-order valence-corrected chi connectivity index (χ3v) is 8.34. The molecular weight excluding hydrogens is 583 g/mol. The summed E-state index contributed by atoms with van der Waals surface area (Å²) >= 11 is 2.49. The van der Waals surface area contributed by atoms with Gasteiger partial charge in [0.1, 0.15) is 11.6 Å². The average Bonchev–Trinajstić information content (AvgIpc) is 3.37. The van der Waals surface area contributed by atoms with Gasteiger partial charge in [-0.1, -0.05) is 42.1 Å². The van der Waals surface area contributed by atoms with Crippen molar-refractivity contribution in [3.05, 3.63) is 123 Å². The maximum Gasteiger partial charge on any atom is 0.283 e. The number of aromatic nitrogens is 1. The van der Waals surface area contributed by atoms with Crippen LogP contribution in [0.2, 0.25) is 0 Å². The van der Waals surface area contributed by atoms with Crippen molar-refractivity contribution in [2.45, 2.75) is 23.1 Å². The summed E-state index contributed by atoms with van der Waals surface area (Å²) < 4.78 is 1.39. The topological polar surface area (TPSA) is 138 Å². The summed E-state index contributed by atoms with van der Waals surface area (Å²) in [5.74, 6) is -0.839. The van der Waals surface area contributed by atoms with Crippen molar-refractivity contribution in [3.8, 4) is 6.07 Å². The molecule has 5 aromatic rings. The number of anilines is 2. The first-order valence-corrected chi connectivity index (χ1v) is 14.6. The third kappa shape index (κ3) is 7.13. The van der Waals surface area contributed by atoms with E-state index in [-0.39, 0.29) is 17.2 Å². The standard InChI is InChI=1S/C32H23N5O4S2/c1-19-12-20(2)14-25(13-19)35-31(39)23(18-33)15-21-8-11-28(27(16-21)37(40)41)42-32-36-26-10-9-24(17-29(26)43-32)34-30(38)22-6-4-3-5-7-22/h3-17H,1-2H3,(H,34,38)(H,35,39)/b23-15+. The van der Waals surface area contributed by atoms with Crippen LogP contribution in [0, 0.1) is 35.3 Å². The van der Waals surface area contributed by atoms with Gasteiger partial charge < -0.3 is 10.6 Å². The fourth-order valence-electron chi connectivity index (χ4n) is 4.33. The highest BCUT2D eigenvalue weighted by Crippen LogP contribution is 2.40. The smallest absolute Gasteiger partial charge is 0.283 e. The van der Waals surface area contributed by atoms with Crippen LogP contribution in [-0.4, -0.2) is 21.7 Å². The molecule has 1 aromatic heterocycles. The predicted molar refractivity (Wildman–Crippen MR) is 169 cm³/mol. The Morgan fingerprint density at radius 1 is 0.953 bits per heavy atom. The van der Waals surface area contributed by atoms with E-state index in [2.05, 4.69) is 15.6 Å². The summed E-state index contributed by atoms with van der Waals surface area (Å²) in [6.45, 7) is 3.81. The summed E-state index contributed by atoms with van der Waals surface area (Å²) in [5.41, 5.74) is 4.30. The molecule has 0 aliphatic heterocycles. The number of hydrogen-bond acceptors (Lipinski definition) is 8. The lowest BCUT2D eigenvalue weighted by Gasteiger charge is -2.07. The minimum absolute atomic E-state index is 0.180. The van der Waals surface area contributed by atoms with Gasteiger partial charge in [0.2, 0.25) is 0 Å². The van der Waals surface area contributed by atoms with E-state index in [0.29, 0.717) is 37.3 Å². The predicted octanol–water partition coefficient (Wildman–Crippen LogP) is 7.77. The summed E-state index contributed by atoms with van der Waals surface area (Å²) in [4.78, 5) is 41.7. The first-order chi connectivity index (χ1) is 20.7. The number of carbonyl (C=O) groups excluding carboxylic acids is 2. The molecule has 0 bridgehead atoms. The number of fused-ring (bicyclic) bond motifs is 1. The van der Waals surface area contributed by atoms with Crippen LogP contribution in [0.5, 0.6) is 0 Å². The van der Waals surface area contributed by atoms with Crippen LogP contribution < -0.4 is 10.6 Å². The molecule has 4 aromatic carbocycles. The molecule has 9 nitrogen and oxygen atoms in total. The molecule has 0 radical (unpaired) electrons. The Morgan fingerprint density at radius 3 is 2.40 bits per heavy atom. The molecular formula is C32H23N5O4S2. The van der Waals surface area contributed by atoms with E-state index in [4.69, 9.17) is 0 Å². The van der Waals surface area contributed by atoms with Crippen LogP contribution >= 0.6 is 23.1 Å². The van der Waals surface area contributed by atoms with Crippen LogP contribution in [0.25, 0.3) is 16.3 Å². The molecule has 0 saturated carbocycles. The molecule has 0 unspecified atom stereocenters.